The predicted molar refractivity (Wildman–Crippen MR) is 163 cm³/mol. The third-order valence-electron chi connectivity index (χ3n) is 8.00. The fourth-order valence-corrected chi connectivity index (χ4v) is 5.87. The summed E-state index contributed by atoms with van der Waals surface area (Å²) in [6.07, 6.45) is 5.73. The number of amides is 1. The van der Waals surface area contributed by atoms with E-state index in [2.05, 4.69) is 38.0 Å². The van der Waals surface area contributed by atoms with Gasteiger partial charge in [-0.3, -0.25) is 14.2 Å². The predicted octanol–water partition coefficient (Wildman–Crippen LogP) is 4.97. The molecule has 208 valence electrons. The summed E-state index contributed by atoms with van der Waals surface area (Å²) in [6.45, 7) is 5.72. The molecule has 0 radical (unpaired) electrons. The van der Waals surface area contributed by atoms with E-state index in [1.807, 2.05) is 67.6 Å². The Kier molecular flexibility index (Phi) is 6.88. The fraction of sp³-hybridized carbons (Fsp3) is 0.250. The number of hydrogen-bond donors (Lipinski definition) is 2. The largest absolute Gasteiger partial charge is 0.383 e. The molecular weight excluding hydrogens is 514 g/mol. The van der Waals surface area contributed by atoms with Gasteiger partial charge in [0.1, 0.15) is 23.4 Å². The van der Waals surface area contributed by atoms with Gasteiger partial charge in [-0.15, -0.1) is 0 Å². The number of rotatable bonds is 5. The average Bonchev–Trinajstić information content (AvgIpc) is 3.35. The topological polar surface area (TPSA) is 111 Å². The van der Waals surface area contributed by atoms with Crippen LogP contribution in [-0.4, -0.2) is 50.0 Å². The summed E-state index contributed by atoms with van der Waals surface area (Å²) in [6, 6.07) is 19.1. The molecule has 1 aliphatic rings. The highest BCUT2D eigenvalue weighted by atomic mass is 16.2. The lowest BCUT2D eigenvalue weighted by molar-refractivity contribution is 0.102. The summed E-state index contributed by atoms with van der Waals surface area (Å²) in [5, 5.41) is 3.75. The van der Waals surface area contributed by atoms with Crippen LogP contribution in [0, 0.1) is 13.8 Å². The number of anilines is 2. The van der Waals surface area contributed by atoms with E-state index in [1.54, 1.807) is 11.5 Å². The number of carbonyl (C=O) groups excluding carboxylic acids is 1. The third kappa shape index (κ3) is 4.89. The van der Waals surface area contributed by atoms with Crippen LogP contribution in [-0.2, 0) is 0 Å². The van der Waals surface area contributed by atoms with Crippen LogP contribution in [0.5, 0.6) is 0 Å². The normalized spacial score (nSPS) is 14.4. The van der Waals surface area contributed by atoms with Gasteiger partial charge in [0.15, 0.2) is 0 Å². The molecule has 41 heavy (non-hydrogen) atoms. The van der Waals surface area contributed by atoms with E-state index >= 15 is 0 Å². The molecule has 1 aliphatic heterocycles. The van der Waals surface area contributed by atoms with Gasteiger partial charge in [-0.05, 0) is 88.3 Å². The maximum atomic E-state index is 13.5. The molecule has 9 heteroatoms. The van der Waals surface area contributed by atoms with Gasteiger partial charge in [0.2, 0.25) is 0 Å². The summed E-state index contributed by atoms with van der Waals surface area (Å²) in [4.78, 5) is 38.0. The van der Waals surface area contributed by atoms with Crippen molar-refractivity contribution in [3.05, 3.63) is 100 Å². The van der Waals surface area contributed by atoms with E-state index in [-0.39, 0.29) is 11.1 Å². The van der Waals surface area contributed by atoms with Crippen molar-refractivity contribution in [1.82, 2.24) is 24.0 Å². The Bertz CT molecular complexity index is 1800. The number of pyridine rings is 1. The van der Waals surface area contributed by atoms with Crippen molar-refractivity contribution in [2.75, 3.05) is 31.2 Å². The number of nitrogens with zero attached hydrogens (tertiary/aromatic N) is 5. The van der Waals surface area contributed by atoms with Crippen LogP contribution in [0.1, 0.15) is 40.5 Å². The van der Waals surface area contributed by atoms with Gasteiger partial charge < -0.3 is 20.5 Å². The first-order valence-corrected chi connectivity index (χ1v) is 13.8. The summed E-state index contributed by atoms with van der Waals surface area (Å²) >= 11 is 0. The molecule has 4 heterocycles. The van der Waals surface area contributed by atoms with E-state index in [9.17, 15) is 9.59 Å². The number of benzene rings is 2. The van der Waals surface area contributed by atoms with E-state index < -0.39 is 5.91 Å². The fourth-order valence-electron chi connectivity index (χ4n) is 5.87. The summed E-state index contributed by atoms with van der Waals surface area (Å²) in [5.74, 6) is 0.0000401. The standard InChI is InChI=1S/C32H33N7O2/c1-20-17-21(2)39(25-7-5-4-6-8-25)32(41)27(20)31(40)36-23-11-9-22(10-12-23)26-18-38(24-13-15-37(3)16-14-24)30-28(26)29(33)34-19-35-30/h4-12,17-19,24H,13-16H2,1-3H3,(H,36,40)(H2,33,34,35). The highest BCUT2D eigenvalue weighted by Crippen LogP contribution is 2.36. The number of nitrogens with two attached hydrogens (primary N) is 1. The second kappa shape index (κ2) is 10.7. The first-order valence-electron chi connectivity index (χ1n) is 13.8. The van der Waals surface area contributed by atoms with Crippen molar-refractivity contribution in [2.24, 2.45) is 0 Å². The van der Waals surface area contributed by atoms with E-state index in [1.165, 1.54) is 6.33 Å². The number of fused-ring (bicyclic) bond motifs is 1. The molecule has 1 amide bonds. The maximum Gasteiger partial charge on any atom is 0.268 e. The van der Waals surface area contributed by atoms with Crippen LogP contribution in [0.4, 0.5) is 11.5 Å². The van der Waals surface area contributed by atoms with Gasteiger partial charge in [-0.2, -0.15) is 0 Å². The summed E-state index contributed by atoms with van der Waals surface area (Å²) in [5.41, 5.74) is 11.6. The van der Waals surface area contributed by atoms with Crippen molar-refractivity contribution >= 4 is 28.4 Å². The zero-order valence-corrected chi connectivity index (χ0v) is 23.5. The number of likely N-dealkylation sites (tertiary alicyclic amines) is 1. The van der Waals surface area contributed by atoms with Crippen LogP contribution >= 0.6 is 0 Å². The van der Waals surface area contributed by atoms with Crippen LogP contribution in [0.15, 0.2) is 78.0 Å². The van der Waals surface area contributed by atoms with Gasteiger partial charge in [0, 0.05) is 34.9 Å². The first-order chi connectivity index (χ1) is 19.8. The third-order valence-corrected chi connectivity index (χ3v) is 8.00. The number of carbonyl (C=O) groups is 1. The Balaban J connectivity index is 1.30. The molecular formula is C32H33N7O2. The van der Waals surface area contributed by atoms with Crippen LogP contribution in [0.3, 0.4) is 0 Å². The molecule has 9 nitrogen and oxygen atoms in total. The number of aromatic nitrogens is 4. The molecule has 0 atom stereocenters. The minimum Gasteiger partial charge on any atom is -0.383 e. The Morgan fingerprint density at radius 2 is 1.71 bits per heavy atom. The molecule has 1 fully saturated rings. The van der Waals surface area contributed by atoms with Gasteiger partial charge in [0.05, 0.1) is 5.39 Å². The molecule has 0 bridgehead atoms. The molecule has 3 N–H and O–H groups in total. The molecule has 6 rings (SSSR count). The van der Waals surface area contributed by atoms with E-state index in [4.69, 9.17) is 5.73 Å². The number of aryl methyl sites for hydroxylation is 2. The van der Waals surface area contributed by atoms with Gasteiger partial charge in [-0.1, -0.05) is 30.3 Å². The van der Waals surface area contributed by atoms with Crippen LogP contribution in [0.2, 0.25) is 0 Å². The maximum absolute atomic E-state index is 13.5. The second-order valence-electron chi connectivity index (χ2n) is 10.8. The number of hydrogen-bond acceptors (Lipinski definition) is 6. The Labute approximate surface area is 238 Å². The molecule has 0 unspecified atom stereocenters. The summed E-state index contributed by atoms with van der Waals surface area (Å²) in [7, 11) is 2.15. The van der Waals surface area contributed by atoms with E-state index in [0.29, 0.717) is 23.1 Å². The zero-order chi connectivity index (χ0) is 28.7. The molecule has 2 aromatic carbocycles. The quantitative estimate of drug-likeness (QED) is 0.322. The van der Waals surface area contributed by atoms with Crippen LogP contribution < -0.4 is 16.6 Å². The lowest BCUT2D eigenvalue weighted by Crippen LogP contribution is -2.31. The zero-order valence-electron chi connectivity index (χ0n) is 23.5. The SMILES string of the molecule is Cc1cc(C)n(-c2ccccc2)c(=O)c1C(=O)Nc1ccc(-c2cn(C3CCN(C)CC3)c3ncnc(N)c23)cc1. The monoisotopic (exact) mass is 547 g/mol. The van der Waals surface area contributed by atoms with Crippen molar-refractivity contribution in [3.63, 3.8) is 0 Å². The molecule has 3 aromatic heterocycles. The van der Waals surface area contributed by atoms with Crippen molar-refractivity contribution < 1.29 is 4.79 Å². The van der Waals surface area contributed by atoms with Gasteiger partial charge in [-0.25, -0.2) is 9.97 Å². The average molecular weight is 548 g/mol. The van der Waals surface area contributed by atoms with Crippen molar-refractivity contribution in [3.8, 4) is 16.8 Å². The molecule has 0 aliphatic carbocycles. The van der Waals surface area contributed by atoms with Gasteiger partial charge in [0.25, 0.3) is 11.5 Å². The number of piperidine rings is 1. The summed E-state index contributed by atoms with van der Waals surface area (Å²) < 4.78 is 3.81. The van der Waals surface area contributed by atoms with E-state index in [0.717, 1.165) is 59.5 Å². The Hall–Kier alpha value is -4.76. The molecule has 5 aromatic rings. The van der Waals surface area contributed by atoms with Gasteiger partial charge >= 0.3 is 0 Å². The lowest BCUT2D eigenvalue weighted by Gasteiger charge is -2.30. The minimum atomic E-state index is -0.443. The first kappa shape index (κ1) is 26.5. The highest BCUT2D eigenvalue weighted by molar-refractivity contribution is 6.05. The second-order valence-corrected chi connectivity index (χ2v) is 10.8. The van der Waals surface area contributed by atoms with Crippen LogP contribution in [0.25, 0.3) is 27.8 Å². The smallest absolute Gasteiger partial charge is 0.268 e. The number of nitrogen functional groups attached to an aromatic ring is 1. The molecule has 0 saturated carbocycles. The Morgan fingerprint density at radius 3 is 2.41 bits per heavy atom. The Morgan fingerprint density at radius 1 is 1.00 bits per heavy atom. The minimum absolute atomic E-state index is 0.120. The number of para-hydroxylation sites is 1. The number of nitrogens with one attached hydrogen (secondary N) is 1. The molecule has 1 saturated heterocycles. The molecule has 0 spiro atoms. The van der Waals surface area contributed by atoms with Crippen molar-refractivity contribution in [2.45, 2.75) is 32.7 Å². The highest BCUT2D eigenvalue weighted by Gasteiger charge is 2.24. The van der Waals surface area contributed by atoms with Crippen molar-refractivity contribution in [1.29, 1.82) is 0 Å². The lowest BCUT2D eigenvalue weighted by atomic mass is 10.0.